The first-order chi connectivity index (χ1) is 11.1. The lowest BCUT2D eigenvalue weighted by atomic mass is 10.1. The number of carbonyl (C=O) groups is 1. The molecule has 7 heteroatoms. The second kappa shape index (κ2) is 6.45. The summed E-state index contributed by atoms with van der Waals surface area (Å²) in [5.74, 6) is -0.914. The molecule has 0 spiro atoms. The van der Waals surface area contributed by atoms with Crippen molar-refractivity contribution in [2.24, 2.45) is 0 Å². The van der Waals surface area contributed by atoms with E-state index in [1.165, 1.54) is 6.26 Å². The van der Waals surface area contributed by atoms with E-state index in [-0.39, 0.29) is 0 Å². The molecule has 3 aromatic rings. The van der Waals surface area contributed by atoms with E-state index >= 15 is 0 Å². The zero-order valence-corrected chi connectivity index (χ0v) is 12.5. The van der Waals surface area contributed by atoms with Gasteiger partial charge >= 0.3 is 5.97 Å². The fourth-order valence-corrected chi connectivity index (χ4v) is 2.48. The Bertz CT molecular complexity index is 751. The summed E-state index contributed by atoms with van der Waals surface area (Å²) in [7, 11) is 1.74. The molecule has 0 aliphatic carbocycles. The molecule has 23 heavy (non-hydrogen) atoms. The highest BCUT2D eigenvalue weighted by Crippen LogP contribution is 2.22. The van der Waals surface area contributed by atoms with Gasteiger partial charge in [0.1, 0.15) is 12.3 Å². The van der Waals surface area contributed by atoms with Gasteiger partial charge in [0.25, 0.3) is 0 Å². The zero-order chi connectivity index (χ0) is 16.2. The van der Waals surface area contributed by atoms with Gasteiger partial charge in [-0.25, -0.2) is 4.68 Å². The lowest BCUT2D eigenvalue weighted by Crippen LogP contribution is -2.30. The fourth-order valence-electron chi connectivity index (χ4n) is 2.48. The van der Waals surface area contributed by atoms with Gasteiger partial charge in [-0.15, -0.1) is 0 Å². The predicted molar refractivity (Wildman–Crippen MR) is 81.9 cm³/mol. The van der Waals surface area contributed by atoms with Crippen LogP contribution in [0.1, 0.15) is 17.3 Å². The smallest absolute Gasteiger partial charge is 0.325 e. The van der Waals surface area contributed by atoms with Gasteiger partial charge in [-0.1, -0.05) is 17.3 Å². The molecule has 118 valence electrons. The van der Waals surface area contributed by atoms with Crippen LogP contribution < -0.4 is 0 Å². The van der Waals surface area contributed by atoms with Crippen LogP contribution in [-0.2, 0) is 11.3 Å². The molecule has 0 fully saturated rings. The van der Waals surface area contributed by atoms with Crippen LogP contribution in [-0.4, -0.2) is 38.0 Å². The largest absolute Gasteiger partial charge is 0.480 e. The molecule has 2 heterocycles. The molecular weight excluding hydrogens is 296 g/mol. The maximum atomic E-state index is 11.7. The molecule has 0 saturated heterocycles. The minimum atomic E-state index is -0.914. The summed E-state index contributed by atoms with van der Waals surface area (Å²) in [6.07, 6.45) is 5.00. The van der Waals surface area contributed by atoms with Crippen LogP contribution in [0.3, 0.4) is 0 Å². The number of benzene rings is 1. The van der Waals surface area contributed by atoms with E-state index in [2.05, 4.69) is 10.3 Å². The number of aliphatic carboxylic acids is 1. The van der Waals surface area contributed by atoms with Crippen molar-refractivity contribution < 1.29 is 14.4 Å². The monoisotopic (exact) mass is 312 g/mol. The molecule has 1 aromatic carbocycles. The van der Waals surface area contributed by atoms with Crippen molar-refractivity contribution in [2.45, 2.75) is 12.6 Å². The first kappa shape index (κ1) is 15.0. The molecule has 0 amide bonds. The topological polar surface area (TPSA) is 84.4 Å². The number of hydrogen-bond acceptors (Lipinski definition) is 5. The maximum Gasteiger partial charge on any atom is 0.325 e. The summed E-state index contributed by atoms with van der Waals surface area (Å²) in [5, 5.41) is 17.5. The molecule has 1 atom stereocenters. The van der Waals surface area contributed by atoms with Crippen molar-refractivity contribution in [3.63, 3.8) is 0 Å². The zero-order valence-electron chi connectivity index (χ0n) is 12.5. The number of hydrogen-bond donors (Lipinski definition) is 1. The van der Waals surface area contributed by atoms with Gasteiger partial charge in [0.05, 0.1) is 11.4 Å². The van der Waals surface area contributed by atoms with E-state index in [4.69, 9.17) is 4.52 Å². The molecule has 1 N–H and O–H groups in total. The van der Waals surface area contributed by atoms with Gasteiger partial charge in [0.2, 0.25) is 0 Å². The average Bonchev–Trinajstić information content (AvgIpc) is 3.20. The molecule has 0 bridgehead atoms. The third kappa shape index (κ3) is 3.29. The summed E-state index contributed by atoms with van der Waals surface area (Å²) >= 11 is 0. The molecule has 0 saturated carbocycles. The van der Waals surface area contributed by atoms with Crippen molar-refractivity contribution in [1.82, 2.24) is 19.8 Å². The summed E-state index contributed by atoms with van der Waals surface area (Å²) < 4.78 is 6.51. The Morgan fingerprint density at radius 3 is 2.70 bits per heavy atom. The van der Waals surface area contributed by atoms with Gasteiger partial charge in [0, 0.05) is 25.0 Å². The molecule has 7 nitrogen and oxygen atoms in total. The van der Waals surface area contributed by atoms with Gasteiger partial charge in [-0.3, -0.25) is 9.69 Å². The number of aromatic nitrogens is 3. The minimum absolute atomic E-state index is 0.383. The number of nitrogens with zero attached hydrogens (tertiary/aromatic N) is 4. The first-order valence-corrected chi connectivity index (χ1v) is 7.07. The van der Waals surface area contributed by atoms with Gasteiger partial charge in [0.15, 0.2) is 0 Å². The second-order valence-corrected chi connectivity index (χ2v) is 5.19. The predicted octanol–water partition coefficient (Wildman–Crippen LogP) is 2.12. The maximum absolute atomic E-state index is 11.7. The van der Waals surface area contributed by atoms with Crippen molar-refractivity contribution >= 4 is 5.97 Å². The molecule has 0 aliphatic rings. The fraction of sp³-hybridized carbons (Fsp3) is 0.188. The summed E-state index contributed by atoms with van der Waals surface area (Å²) in [5.41, 5.74) is 2.26. The Hall–Kier alpha value is -2.93. The average molecular weight is 312 g/mol. The number of rotatable bonds is 6. The van der Waals surface area contributed by atoms with E-state index in [1.807, 2.05) is 24.4 Å². The molecule has 0 unspecified atom stereocenters. The van der Waals surface area contributed by atoms with Crippen LogP contribution in [0.25, 0.3) is 5.69 Å². The number of carboxylic acid groups (broad SMARTS) is 1. The van der Waals surface area contributed by atoms with Crippen molar-refractivity contribution in [3.8, 4) is 5.69 Å². The van der Waals surface area contributed by atoms with Crippen LogP contribution in [0.5, 0.6) is 0 Å². The highest BCUT2D eigenvalue weighted by molar-refractivity contribution is 5.75. The molecule has 0 radical (unpaired) electrons. The normalized spacial score (nSPS) is 12.4. The highest BCUT2D eigenvalue weighted by Gasteiger charge is 2.25. The lowest BCUT2D eigenvalue weighted by molar-refractivity contribution is -0.143. The Morgan fingerprint density at radius 2 is 2.13 bits per heavy atom. The second-order valence-electron chi connectivity index (χ2n) is 5.19. The van der Waals surface area contributed by atoms with E-state index in [1.54, 1.807) is 41.0 Å². The molecule has 2 aromatic heterocycles. The standard InChI is InChI=1S/C16H16N4O3/c1-19(11-13-7-10-23-18-13)15(16(21)22)12-3-5-14(6-4-12)20-9-2-8-17-20/h2-10,15H,11H2,1H3,(H,21,22)/t15-/m1/s1. The quantitative estimate of drug-likeness (QED) is 0.750. The van der Waals surface area contributed by atoms with Crippen LogP contribution in [0.15, 0.2) is 59.6 Å². The lowest BCUT2D eigenvalue weighted by Gasteiger charge is -2.24. The summed E-state index contributed by atoms with van der Waals surface area (Å²) in [6.45, 7) is 0.383. The van der Waals surface area contributed by atoms with E-state index in [0.717, 1.165) is 5.69 Å². The van der Waals surface area contributed by atoms with Crippen molar-refractivity contribution in [3.05, 3.63) is 66.3 Å². The number of likely N-dealkylation sites (N-methyl/N-ethyl adjacent to an activating group) is 1. The van der Waals surface area contributed by atoms with E-state index in [9.17, 15) is 9.90 Å². The van der Waals surface area contributed by atoms with E-state index in [0.29, 0.717) is 17.8 Å². The van der Waals surface area contributed by atoms with Gasteiger partial charge in [-0.05, 0) is 30.8 Å². The number of carboxylic acids is 1. The van der Waals surface area contributed by atoms with Gasteiger partial charge in [-0.2, -0.15) is 5.10 Å². The first-order valence-electron chi connectivity index (χ1n) is 7.07. The molecule has 0 aliphatic heterocycles. The third-order valence-electron chi connectivity index (χ3n) is 3.56. The Labute approximate surface area is 132 Å². The Morgan fingerprint density at radius 1 is 1.35 bits per heavy atom. The van der Waals surface area contributed by atoms with Crippen LogP contribution in [0.2, 0.25) is 0 Å². The molecule has 3 rings (SSSR count). The van der Waals surface area contributed by atoms with Crippen molar-refractivity contribution in [1.29, 1.82) is 0 Å². The Kier molecular flexibility index (Phi) is 4.20. The summed E-state index contributed by atoms with van der Waals surface area (Å²) in [4.78, 5) is 13.4. The highest BCUT2D eigenvalue weighted by atomic mass is 16.5. The van der Waals surface area contributed by atoms with Crippen molar-refractivity contribution in [2.75, 3.05) is 7.05 Å². The van der Waals surface area contributed by atoms with Crippen LogP contribution >= 0.6 is 0 Å². The SMILES string of the molecule is CN(Cc1ccon1)[C@@H](C(=O)O)c1ccc(-n2cccn2)cc1. The Balaban J connectivity index is 1.82. The van der Waals surface area contributed by atoms with Crippen LogP contribution in [0.4, 0.5) is 0 Å². The van der Waals surface area contributed by atoms with Gasteiger partial charge < -0.3 is 9.63 Å². The van der Waals surface area contributed by atoms with Crippen LogP contribution in [0, 0.1) is 0 Å². The third-order valence-corrected chi connectivity index (χ3v) is 3.56. The molecular formula is C16H16N4O3. The van der Waals surface area contributed by atoms with E-state index < -0.39 is 12.0 Å². The minimum Gasteiger partial charge on any atom is -0.480 e. The summed E-state index contributed by atoms with van der Waals surface area (Å²) in [6, 6.07) is 10.1.